The maximum Gasteiger partial charge on any atom is 0.323 e. The van der Waals surface area contributed by atoms with E-state index in [0.29, 0.717) is 6.61 Å². The Morgan fingerprint density at radius 3 is 2.65 bits per heavy atom. The molecular formula is C14H22N2O4. The second-order valence-electron chi connectivity index (χ2n) is 5.46. The van der Waals surface area contributed by atoms with E-state index in [1.165, 1.54) is 0 Å². The molecule has 2 N–H and O–H groups in total. The van der Waals surface area contributed by atoms with E-state index >= 15 is 0 Å². The lowest BCUT2D eigenvalue weighted by molar-refractivity contribution is -0.137. The number of nitrogens with one attached hydrogen (secondary N) is 1. The zero-order valence-corrected chi connectivity index (χ0v) is 12.2. The van der Waals surface area contributed by atoms with E-state index in [0.717, 1.165) is 11.3 Å². The molecule has 2 amide bonds. The molecule has 6 heteroatoms. The molecule has 2 unspecified atom stereocenters. The molecule has 0 bridgehead atoms. The van der Waals surface area contributed by atoms with Crippen molar-refractivity contribution in [1.29, 1.82) is 0 Å². The lowest BCUT2D eigenvalue weighted by atomic mass is 9.64. The molecule has 0 aromatic rings. The van der Waals surface area contributed by atoms with Gasteiger partial charge in [-0.3, -0.25) is 4.79 Å². The molecule has 0 aromatic heterocycles. The van der Waals surface area contributed by atoms with Crippen LogP contribution >= 0.6 is 0 Å². The number of urea groups is 1. The average Bonchev–Trinajstić information content (AvgIpc) is 2.36. The number of carboxylic acids is 1. The van der Waals surface area contributed by atoms with Crippen LogP contribution in [-0.4, -0.2) is 53.8 Å². The molecule has 0 radical (unpaired) electrons. The van der Waals surface area contributed by atoms with Crippen LogP contribution in [0.1, 0.15) is 27.2 Å². The number of hydrogen-bond acceptors (Lipinski definition) is 3. The Labute approximate surface area is 119 Å². The second kappa shape index (κ2) is 6.62. The summed E-state index contributed by atoms with van der Waals surface area (Å²) in [6.07, 6.45) is 5.99. The van der Waals surface area contributed by atoms with E-state index in [1.807, 2.05) is 20.8 Å². The highest BCUT2D eigenvalue weighted by Gasteiger charge is 2.49. The summed E-state index contributed by atoms with van der Waals surface area (Å²) in [6.45, 7) is 6.17. The molecule has 20 heavy (non-hydrogen) atoms. The fraction of sp³-hybridized carbons (Fsp3) is 0.714. The molecule has 1 rings (SSSR count). The summed E-state index contributed by atoms with van der Waals surface area (Å²) in [7, 11) is 0. The van der Waals surface area contributed by atoms with Gasteiger partial charge in [-0.25, -0.2) is 4.79 Å². The zero-order valence-electron chi connectivity index (χ0n) is 12.2. The van der Waals surface area contributed by atoms with Gasteiger partial charge in [-0.1, -0.05) is 19.8 Å². The smallest absolute Gasteiger partial charge is 0.323 e. The lowest BCUT2D eigenvalue weighted by Crippen LogP contribution is -2.63. The van der Waals surface area contributed by atoms with Crippen molar-refractivity contribution in [2.24, 2.45) is 5.41 Å². The molecule has 0 saturated heterocycles. The molecule has 6 nitrogen and oxygen atoms in total. The lowest BCUT2D eigenvalue weighted by Gasteiger charge is -2.51. The third kappa shape index (κ3) is 3.64. The van der Waals surface area contributed by atoms with E-state index in [2.05, 4.69) is 11.2 Å². The van der Waals surface area contributed by atoms with Gasteiger partial charge in [0, 0.05) is 18.1 Å². The Balaban J connectivity index is 2.57. The van der Waals surface area contributed by atoms with Crippen LogP contribution in [0, 0.1) is 17.8 Å². The van der Waals surface area contributed by atoms with Crippen LogP contribution in [0.3, 0.4) is 0 Å². The molecule has 1 fully saturated rings. The number of ether oxygens (including phenoxy) is 1. The number of carbonyl (C=O) groups is 2. The standard InChI is InChI=1S/C14H22N2O4/c1-5-7-16(9-12(17)18)13(19)15-10-8-11(20-6-2)14(10,3)4/h1,10-11H,6-9H2,2-4H3,(H,15,19)(H,17,18). The summed E-state index contributed by atoms with van der Waals surface area (Å²) in [5, 5.41) is 11.6. The van der Waals surface area contributed by atoms with E-state index in [9.17, 15) is 9.59 Å². The van der Waals surface area contributed by atoms with E-state index < -0.39 is 18.5 Å². The average molecular weight is 282 g/mol. The van der Waals surface area contributed by atoms with Crippen molar-refractivity contribution in [3.63, 3.8) is 0 Å². The number of carbonyl (C=O) groups excluding carboxylic acids is 1. The molecule has 1 aliphatic carbocycles. The zero-order chi connectivity index (χ0) is 15.3. The monoisotopic (exact) mass is 282 g/mol. The normalized spacial score (nSPS) is 23.3. The molecule has 2 atom stereocenters. The molecule has 1 aliphatic rings. The van der Waals surface area contributed by atoms with Gasteiger partial charge in [-0.2, -0.15) is 0 Å². The molecule has 0 aromatic carbocycles. The first-order valence-electron chi connectivity index (χ1n) is 6.65. The van der Waals surface area contributed by atoms with Crippen LogP contribution in [0.2, 0.25) is 0 Å². The van der Waals surface area contributed by atoms with Crippen LogP contribution in [-0.2, 0) is 9.53 Å². The van der Waals surface area contributed by atoms with Crippen molar-refractivity contribution >= 4 is 12.0 Å². The molecule has 112 valence electrons. The number of nitrogens with zero attached hydrogens (tertiary/aromatic N) is 1. The van der Waals surface area contributed by atoms with Crippen molar-refractivity contribution in [3.05, 3.63) is 0 Å². The van der Waals surface area contributed by atoms with Crippen LogP contribution in [0.25, 0.3) is 0 Å². The Morgan fingerprint density at radius 2 is 2.20 bits per heavy atom. The predicted octanol–water partition coefficient (Wildman–Crippen LogP) is 0.919. The van der Waals surface area contributed by atoms with Crippen molar-refractivity contribution in [2.75, 3.05) is 19.7 Å². The number of carboxylic acid groups (broad SMARTS) is 1. The summed E-state index contributed by atoms with van der Waals surface area (Å²) in [5.41, 5.74) is -0.170. The number of hydrogen-bond donors (Lipinski definition) is 2. The first-order valence-corrected chi connectivity index (χ1v) is 6.65. The minimum atomic E-state index is -1.09. The van der Waals surface area contributed by atoms with E-state index in [-0.39, 0.29) is 24.1 Å². The summed E-state index contributed by atoms with van der Waals surface area (Å²) in [4.78, 5) is 23.9. The Kier molecular flexibility index (Phi) is 5.40. The van der Waals surface area contributed by atoms with Crippen LogP contribution in [0.4, 0.5) is 4.79 Å². The van der Waals surface area contributed by atoms with Gasteiger partial charge in [0.05, 0.1) is 12.6 Å². The number of rotatable bonds is 6. The van der Waals surface area contributed by atoms with Crippen molar-refractivity contribution < 1.29 is 19.4 Å². The Morgan fingerprint density at radius 1 is 1.55 bits per heavy atom. The molecule has 0 heterocycles. The quantitative estimate of drug-likeness (QED) is 0.710. The van der Waals surface area contributed by atoms with Crippen molar-refractivity contribution in [3.8, 4) is 12.3 Å². The largest absolute Gasteiger partial charge is 0.480 e. The maximum absolute atomic E-state index is 12.0. The number of terminal acetylenes is 1. The second-order valence-corrected chi connectivity index (χ2v) is 5.46. The van der Waals surface area contributed by atoms with Gasteiger partial charge in [0.25, 0.3) is 0 Å². The fourth-order valence-electron chi connectivity index (χ4n) is 2.33. The summed E-state index contributed by atoms with van der Waals surface area (Å²) in [5.74, 6) is 1.20. The van der Waals surface area contributed by atoms with Gasteiger partial charge in [-0.15, -0.1) is 6.42 Å². The summed E-state index contributed by atoms with van der Waals surface area (Å²) in [6, 6.07) is -0.487. The Bertz CT molecular complexity index is 414. The third-order valence-corrected chi connectivity index (χ3v) is 3.74. The third-order valence-electron chi connectivity index (χ3n) is 3.74. The molecule has 0 aliphatic heterocycles. The topological polar surface area (TPSA) is 78.9 Å². The number of aliphatic carboxylic acids is 1. The minimum Gasteiger partial charge on any atom is -0.480 e. The van der Waals surface area contributed by atoms with Gasteiger partial charge < -0.3 is 20.1 Å². The molecular weight excluding hydrogens is 260 g/mol. The van der Waals surface area contributed by atoms with Crippen LogP contribution in [0.5, 0.6) is 0 Å². The first kappa shape index (κ1) is 16.3. The highest BCUT2D eigenvalue weighted by Crippen LogP contribution is 2.42. The van der Waals surface area contributed by atoms with Gasteiger partial charge in [0.15, 0.2) is 0 Å². The fourth-order valence-corrected chi connectivity index (χ4v) is 2.33. The van der Waals surface area contributed by atoms with Crippen LogP contribution < -0.4 is 5.32 Å². The van der Waals surface area contributed by atoms with Gasteiger partial charge in [-0.05, 0) is 13.3 Å². The summed E-state index contributed by atoms with van der Waals surface area (Å²) >= 11 is 0. The first-order chi connectivity index (χ1) is 9.32. The summed E-state index contributed by atoms with van der Waals surface area (Å²) < 4.78 is 5.59. The molecule has 1 saturated carbocycles. The van der Waals surface area contributed by atoms with Crippen LogP contribution in [0.15, 0.2) is 0 Å². The highest BCUT2D eigenvalue weighted by molar-refractivity contribution is 5.80. The van der Waals surface area contributed by atoms with E-state index in [1.54, 1.807) is 0 Å². The van der Waals surface area contributed by atoms with Gasteiger partial charge >= 0.3 is 12.0 Å². The maximum atomic E-state index is 12.0. The van der Waals surface area contributed by atoms with Gasteiger partial charge in [0.1, 0.15) is 6.54 Å². The Hall–Kier alpha value is -1.74. The van der Waals surface area contributed by atoms with E-state index in [4.69, 9.17) is 16.3 Å². The van der Waals surface area contributed by atoms with Crippen molar-refractivity contribution in [2.45, 2.75) is 39.3 Å². The van der Waals surface area contributed by atoms with Gasteiger partial charge in [0.2, 0.25) is 0 Å². The number of amides is 2. The van der Waals surface area contributed by atoms with Crippen molar-refractivity contribution in [1.82, 2.24) is 10.2 Å². The SMILES string of the molecule is C#CCN(CC(=O)O)C(=O)NC1CC(OCC)C1(C)C. The predicted molar refractivity (Wildman–Crippen MR) is 74.2 cm³/mol. The molecule has 0 spiro atoms. The highest BCUT2D eigenvalue weighted by atomic mass is 16.5. The minimum absolute atomic E-state index is 0.0276.